The molecule has 0 aliphatic carbocycles. The third kappa shape index (κ3) is 3.84. The standard InChI is InChI=1S/C13H16ClF3N2/c1-18-4-6-19(7-5-18)9-10-2-3-11(14)8-12(10)13(15,16)17/h2-3,8H,4-7,9H2,1H3. The average molecular weight is 293 g/mol. The number of alkyl halides is 3. The summed E-state index contributed by atoms with van der Waals surface area (Å²) >= 11 is 5.66. The molecule has 0 saturated carbocycles. The molecule has 0 bridgehead atoms. The molecule has 0 atom stereocenters. The van der Waals surface area contributed by atoms with Gasteiger partial charge in [0.1, 0.15) is 0 Å². The van der Waals surface area contributed by atoms with Crippen molar-refractivity contribution in [3.8, 4) is 0 Å². The van der Waals surface area contributed by atoms with E-state index < -0.39 is 11.7 Å². The normalized spacial score (nSPS) is 18.8. The van der Waals surface area contributed by atoms with Crippen LogP contribution in [0.1, 0.15) is 11.1 Å². The van der Waals surface area contributed by atoms with Gasteiger partial charge in [-0.3, -0.25) is 4.90 Å². The van der Waals surface area contributed by atoms with Gasteiger partial charge in [-0.05, 0) is 24.7 Å². The number of benzene rings is 1. The first-order valence-corrected chi connectivity index (χ1v) is 6.50. The number of likely N-dealkylation sites (N-methyl/N-ethyl adjacent to an activating group) is 1. The Morgan fingerprint density at radius 3 is 2.37 bits per heavy atom. The van der Waals surface area contributed by atoms with E-state index in [2.05, 4.69) is 4.90 Å². The van der Waals surface area contributed by atoms with E-state index in [0.717, 1.165) is 32.2 Å². The summed E-state index contributed by atoms with van der Waals surface area (Å²) in [5, 5.41) is 0.120. The molecule has 0 aromatic heterocycles. The summed E-state index contributed by atoms with van der Waals surface area (Å²) in [4.78, 5) is 4.21. The molecule has 1 saturated heterocycles. The molecular formula is C13H16ClF3N2. The first-order chi connectivity index (χ1) is 8.86. The van der Waals surface area contributed by atoms with Gasteiger partial charge in [-0.2, -0.15) is 13.2 Å². The smallest absolute Gasteiger partial charge is 0.304 e. The molecule has 2 nitrogen and oxygen atoms in total. The van der Waals surface area contributed by atoms with Gasteiger partial charge in [-0.1, -0.05) is 17.7 Å². The fourth-order valence-corrected chi connectivity index (χ4v) is 2.37. The van der Waals surface area contributed by atoms with Crippen LogP contribution in [0.3, 0.4) is 0 Å². The van der Waals surface area contributed by atoms with Gasteiger partial charge in [0.05, 0.1) is 5.56 Å². The number of hydrogen-bond donors (Lipinski definition) is 0. The Morgan fingerprint density at radius 1 is 1.16 bits per heavy atom. The fraction of sp³-hybridized carbons (Fsp3) is 0.538. The van der Waals surface area contributed by atoms with Gasteiger partial charge in [-0.15, -0.1) is 0 Å². The van der Waals surface area contributed by atoms with Gasteiger partial charge in [0.2, 0.25) is 0 Å². The molecule has 1 aliphatic heterocycles. The van der Waals surface area contributed by atoms with Gasteiger partial charge in [0, 0.05) is 37.7 Å². The highest BCUT2D eigenvalue weighted by molar-refractivity contribution is 6.30. The van der Waals surface area contributed by atoms with E-state index in [0.29, 0.717) is 12.1 Å². The lowest BCUT2D eigenvalue weighted by Gasteiger charge is -2.32. The quantitative estimate of drug-likeness (QED) is 0.826. The Hall–Kier alpha value is -0.780. The molecule has 0 radical (unpaired) electrons. The molecule has 1 fully saturated rings. The van der Waals surface area contributed by atoms with Crippen LogP contribution in [-0.4, -0.2) is 43.0 Å². The molecule has 0 unspecified atom stereocenters. The van der Waals surface area contributed by atoms with Crippen molar-refractivity contribution in [2.45, 2.75) is 12.7 Å². The zero-order chi connectivity index (χ0) is 14.0. The third-order valence-electron chi connectivity index (χ3n) is 3.37. The summed E-state index contributed by atoms with van der Waals surface area (Å²) in [6, 6.07) is 4.00. The first-order valence-electron chi connectivity index (χ1n) is 6.13. The van der Waals surface area contributed by atoms with Gasteiger partial charge in [0.15, 0.2) is 0 Å². The maximum absolute atomic E-state index is 13.0. The summed E-state index contributed by atoms with van der Waals surface area (Å²) in [7, 11) is 2.01. The number of hydrogen-bond acceptors (Lipinski definition) is 2. The largest absolute Gasteiger partial charge is 0.416 e. The first kappa shape index (κ1) is 14.6. The van der Waals surface area contributed by atoms with Crippen molar-refractivity contribution >= 4 is 11.6 Å². The molecule has 19 heavy (non-hydrogen) atoms. The summed E-state index contributed by atoms with van der Waals surface area (Å²) < 4.78 is 38.9. The highest BCUT2D eigenvalue weighted by atomic mass is 35.5. The van der Waals surface area contributed by atoms with E-state index in [1.807, 2.05) is 11.9 Å². The van der Waals surface area contributed by atoms with Crippen molar-refractivity contribution in [3.63, 3.8) is 0 Å². The van der Waals surface area contributed by atoms with Gasteiger partial charge >= 0.3 is 6.18 Å². The number of rotatable bonds is 2. The third-order valence-corrected chi connectivity index (χ3v) is 3.60. The Labute approximate surface area is 115 Å². The SMILES string of the molecule is CN1CCN(Cc2ccc(Cl)cc2C(F)(F)F)CC1. The van der Waals surface area contributed by atoms with Crippen LogP contribution in [0, 0.1) is 0 Å². The second-order valence-corrected chi connectivity index (χ2v) is 5.32. The van der Waals surface area contributed by atoms with Crippen LogP contribution in [0.2, 0.25) is 5.02 Å². The Morgan fingerprint density at radius 2 is 1.79 bits per heavy atom. The topological polar surface area (TPSA) is 6.48 Å². The molecular weight excluding hydrogens is 277 g/mol. The minimum Gasteiger partial charge on any atom is -0.304 e. The lowest BCUT2D eigenvalue weighted by molar-refractivity contribution is -0.138. The molecule has 0 spiro atoms. The second kappa shape index (κ2) is 5.69. The molecule has 2 rings (SSSR count). The molecule has 1 heterocycles. The van der Waals surface area contributed by atoms with E-state index in [9.17, 15) is 13.2 Å². The number of nitrogens with zero attached hydrogens (tertiary/aromatic N) is 2. The Balaban J connectivity index is 2.16. The minimum atomic E-state index is -4.35. The van der Waals surface area contributed by atoms with Crippen LogP contribution < -0.4 is 0 Å². The van der Waals surface area contributed by atoms with Crippen LogP contribution in [-0.2, 0) is 12.7 Å². The molecule has 106 valence electrons. The van der Waals surface area contributed by atoms with Crippen molar-refractivity contribution in [2.75, 3.05) is 33.2 Å². The molecule has 1 aromatic rings. The second-order valence-electron chi connectivity index (χ2n) is 4.88. The molecule has 6 heteroatoms. The van der Waals surface area contributed by atoms with Crippen LogP contribution in [0.25, 0.3) is 0 Å². The van der Waals surface area contributed by atoms with E-state index in [4.69, 9.17) is 11.6 Å². The number of piperazine rings is 1. The Kier molecular flexibility index (Phi) is 4.38. The minimum absolute atomic E-state index is 0.120. The van der Waals surface area contributed by atoms with E-state index in [-0.39, 0.29) is 5.02 Å². The van der Waals surface area contributed by atoms with Crippen molar-refractivity contribution < 1.29 is 13.2 Å². The van der Waals surface area contributed by atoms with Crippen molar-refractivity contribution in [3.05, 3.63) is 34.3 Å². The lowest BCUT2D eigenvalue weighted by Crippen LogP contribution is -2.44. The fourth-order valence-electron chi connectivity index (χ4n) is 2.20. The maximum Gasteiger partial charge on any atom is 0.416 e. The summed E-state index contributed by atoms with van der Waals surface area (Å²) in [5.74, 6) is 0. The highest BCUT2D eigenvalue weighted by Crippen LogP contribution is 2.34. The van der Waals surface area contributed by atoms with Crippen LogP contribution >= 0.6 is 11.6 Å². The summed E-state index contributed by atoms with van der Waals surface area (Å²) in [6.45, 7) is 3.66. The summed E-state index contributed by atoms with van der Waals surface area (Å²) in [6.07, 6.45) is -4.35. The molecule has 0 N–H and O–H groups in total. The molecule has 0 amide bonds. The monoisotopic (exact) mass is 292 g/mol. The highest BCUT2D eigenvalue weighted by Gasteiger charge is 2.34. The van der Waals surface area contributed by atoms with Crippen LogP contribution in [0.15, 0.2) is 18.2 Å². The molecule has 1 aliphatic rings. The van der Waals surface area contributed by atoms with E-state index in [1.165, 1.54) is 12.1 Å². The zero-order valence-corrected chi connectivity index (χ0v) is 11.4. The lowest BCUT2D eigenvalue weighted by atomic mass is 10.1. The van der Waals surface area contributed by atoms with E-state index >= 15 is 0 Å². The predicted molar refractivity (Wildman–Crippen MR) is 69.2 cm³/mol. The maximum atomic E-state index is 13.0. The Bertz CT molecular complexity index is 440. The van der Waals surface area contributed by atoms with Gasteiger partial charge < -0.3 is 4.90 Å². The van der Waals surface area contributed by atoms with Gasteiger partial charge in [0.25, 0.3) is 0 Å². The number of halogens is 4. The van der Waals surface area contributed by atoms with Crippen LogP contribution in [0.5, 0.6) is 0 Å². The summed E-state index contributed by atoms with van der Waals surface area (Å²) in [5.41, 5.74) is -0.333. The van der Waals surface area contributed by atoms with Crippen molar-refractivity contribution in [2.24, 2.45) is 0 Å². The van der Waals surface area contributed by atoms with Crippen molar-refractivity contribution in [1.82, 2.24) is 9.80 Å². The van der Waals surface area contributed by atoms with Crippen molar-refractivity contribution in [1.29, 1.82) is 0 Å². The van der Waals surface area contributed by atoms with E-state index in [1.54, 1.807) is 0 Å². The predicted octanol–water partition coefficient (Wildman–Crippen LogP) is 3.11. The zero-order valence-electron chi connectivity index (χ0n) is 10.7. The molecule has 1 aromatic carbocycles. The van der Waals surface area contributed by atoms with Gasteiger partial charge in [-0.25, -0.2) is 0 Å². The van der Waals surface area contributed by atoms with Crippen LogP contribution in [0.4, 0.5) is 13.2 Å². The average Bonchev–Trinajstić information content (AvgIpc) is 2.33.